The van der Waals surface area contributed by atoms with Crippen molar-refractivity contribution in [3.63, 3.8) is 0 Å². The number of fused-ring (bicyclic) bond motifs is 1. The summed E-state index contributed by atoms with van der Waals surface area (Å²) in [5.41, 5.74) is 1.62. The van der Waals surface area contributed by atoms with Crippen LogP contribution in [-0.2, 0) is 17.1 Å². The van der Waals surface area contributed by atoms with Crippen LogP contribution in [0.3, 0.4) is 0 Å². The number of carbonyl (C=O) groups excluding carboxylic acids is 1. The van der Waals surface area contributed by atoms with E-state index < -0.39 is 15.9 Å². The zero-order chi connectivity index (χ0) is 23.6. The minimum absolute atomic E-state index is 0.0896. The number of aryl methyl sites for hydroxylation is 1. The van der Waals surface area contributed by atoms with E-state index in [4.69, 9.17) is 16.3 Å². The lowest BCUT2D eigenvalue weighted by Crippen LogP contribution is -2.14. The zero-order valence-corrected chi connectivity index (χ0v) is 20.2. The summed E-state index contributed by atoms with van der Waals surface area (Å²) in [5, 5.41) is 0.447. The topological polar surface area (TPSA) is 89.8 Å². The summed E-state index contributed by atoms with van der Waals surface area (Å²) in [5.74, 6) is 0.343. The van der Waals surface area contributed by atoms with Crippen molar-refractivity contribution >= 4 is 54.8 Å². The van der Waals surface area contributed by atoms with E-state index in [1.54, 1.807) is 0 Å². The van der Waals surface area contributed by atoms with Gasteiger partial charge < -0.3 is 9.30 Å². The quantitative estimate of drug-likeness (QED) is 0.409. The van der Waals surface area contributed by atoms with Gasteiger partial charge in [0.15, 0.2) is 4.80 Å². The van der Waals surface area contributed by atoms with Gasteiger partial charge in [-0.15, -0.1) is 0 Å². The van der Waals surface area contributed by atoms with Gasteiger partial charge in [0.2, 0.25) is 0 Å². The van der Waals surface area contributed by atoms with E-state index in [1.807, 2.05) is 36.7 Å². The van der Waals surface area contributed by atoms with Gasteiger partial charge in [0, 0.05) is 23.3 Å². The van der Waals surface area contributed by atoms with E-state index in [0.717, 1.165) is 16.0 Å². The van der Waals surface area contributed by atoms with Crippen LogP contribution in [0.5, 0.6) is 5.75 Å². The predicted octanol–water partition coefficient (Wildman–Crippen LogP) is 4.83. The van der Waals surface area contributed by atoms with E-state index in [-0.39, 0.29) is 4.90 Å². The molecule has 170 valence electrons. The third-order valence-electron chi connectivity index (χ3n) is 4.80. The molecule has 0 bridgehead atoms. The van der Waals surface area contributed by atoms with Gasteiger partial charge in [0.25, 0.3) is 15.9 Å². The maximum absolute atomic E-state index is 12.7. The van der Waals surface area contributed by atoms with Crippen LogP contribution in [0.15, 0.2) is 76.6 Å². The number of amides is 1. The van der Waals surface area contributed by atoms with Gasteiger partial charge in [-0.3, -0.25) is 9.52 Å². The summed E-state index contributed by atoms with van der Waals surface area (Å²) in [6.07, 6.45) is 0. The van der Waals surface area contributed by atoms with Crippen molar-refractivity contribution in [1.29, 1.82) is 0 Å². The summed E-state index contributed by atoms with van der Waals surface area (Å²) < 4.78 is 35.9. The van der Waals surface area contributed by atoms with Gasteiger partial charge in [-0.05, 0) is 73.7 Å². The molecule has 0 radical (unpaired) electrons. The molecule has 3 aromatic carbocycles. The standard InChI is InChI=1S/C23H20ClN3O4S2/c1-3-31-18-10-13-20-21(14-18)32-23(27(20)2)25-22(28)15-4-8-17(9-5-15)26-33(29,30)19-11-6-16(24)7-12-19/h4-14,26H,3H2,1-2H3. The SMILES string of the molecule is CCOc1ccc2c(c1)sc(=NC(=O)c1ccc(NS(=O)(=O)c3ccc(Cl)cc3)cc1)n2C. The van der Waals surface area contributed by atoms with Crippen molar-refractivity contribution in [2.75, 3.05) is 11.3 Å². The molecule has 0 aliphatic rings. The second kappa shape index (κ2) is 9.38. The number of hydrogen-bond acceptors (Lipinski definition) is 5. The Kier molecular flexibility index (Phi) is 6.55. The largest absolute Gasteiger partial charge is 0.494 e. The van der Waals surface area contributed by atoms with Gasteiger partial charge in [0.05, 0.1) is 21.7 Å². The van der Waals surface area contributed by atoms with Crippen molar-refractivity contribution < 1.29 is 17.9 Å². The fourth-order valence-corrected chi connectivity index (χ4v) is 5.37. The fraction of sp³-hybridized carbons (Fsp3) is 0.130. The van der Waals surface area contributed by atoms with E-state index in [9.17, 15) is 13.2 Å². The Balaban J connectivity index is 1.55. The number of benzene rings is 3. The van der Waals surface area contributed by atoms with E-state index in [1.165, 1.54) is 59.9 Å². The summed E-state index contributed by atoms with van der Waals surface area (Å²) in [7, 11) is -1.92. The smallest absolute Gasteiger partial charge is 0.279 e. The van der Waals surface area contributed by atoms with E-state index >= 15 is 0 Å². The number of ether oxygens (including phenoxy) is 1. The van der Waals surface area contributed by atoms with Gasteiger partial charge in [-0.2, -0.15) is 4.99 Å². The number of nitrogens with one attached hydrogen (secondary N) is 1. The predicted molar refractivity (Wildman–Crippen MR) is 131 cm³/mol. The molecule has 1 amide bonds. The Labute approximate surface area is 200 Å². The van der Waals surface area contributed by atoms with Crippen molar-refractivity contribution in [2.45, 2.75) is 11.8 Å². The fourth-order valence-electron chi connectivity index (χ4n) is 3.14. The lowest BCUT2D eigenvalue weighted by atomic mass is 10.2. The van der Waals surface area contributed by atoms with Crippen molar-refractivity contribution in [3.05, 3.63) is 82.1 Å². The first-order valence-electron chi connectivity index (χ1n) is 9.97. The maximum Gasteiger partial charge on any atom is 0.279 e. The molecule has 4 aromatic rings. The number of nitrogens with zero attached hydrogens (tertiary/aromatic N) is 2. The van der Waals surface area contributed by atoms with Crippen LogP contribution in [0, 0.1) is 0 Å². The minimum atomic E-state index is -3.77. The minimum Gasteiger partial charge on any atom is -0.494 e. The van der Waals surface area contributed by atoms with Crippen LogP contribution < -0.4 is 14.3 Å². The van der Waals surface area contributed by atoms with Crippen LogP contribution in [-0.4, -0.2) is 25.5 Å². The van der Waals surface area contributed by atoms with Crippen molar-refractivity contribution in [2.24, 2.45) is 12.0 Å². The molecule has 7 nitrogen and oxygen atoms in total. The second-order valence-electron chi connectivity index (χ2n) is 7.06. The van der Waals surface area contributed by atoms with E-state index in [2.05, 4.69) is 9.71 Å². The molecule has 0 saturated heterocycles. The van der Waals surface area contributed by atoms with Crippen molar-refractivity contribution in [1.82, 2.24) is 4.57 Å². The molecule has 1 N–H and O–H groups in total. The Morgan fingerprint density at radius 3 is 2.45 bits per heavy atom. The molecule has 0 unspecified atom stereocenters. The molecular weight excluding hydrogens is 482 g/mol. The summed E-state index contributed by atoms with van der Waals surface area (Å²) in [6, 6.07) is 17.7. The Hall–Kier alpha value is -3.14. The molecule has 0 fully saturated rings. The summed E-state index contributed by atoms with van der Waals surface area (Å²) in [4.78, 5) is 17.6. The first-order chi connectivity index (χ1) is 15.8. The van der Waals surface area contributed by atoms with Crippen LogP contribution in [0.4, 0.5) is 5.69 Å². The molecule has 1 heterocycles. The van der Waals surface area contributed by atoms with Crippen LogP contribution in [0.25, 0.3) is 10.2 Å². The molecule has 33 heavy (non-hydrogen) atoms. The molecule has 0 aliphatic carbocycles. The first-order valence-corrected chi connectivity index (χ1v) is 12.6. The highest BCUT2D eigenvalue weighted by molar-refractivity contribution is 7.92. The molecule has 0 spiro atoms. The number of carbonyl (C=O) groups is 1. The van der Waals surface area contributed by atoms with Crippen LogP contribution in [0.1, 0.15) is 17.3 Å². The molecule has 0 atom stereocenters. The lowest BCUT2D eigenvalue weighted by molar-refractivity contribution is 0.0998. The van der Waals surface area contributed by atoms with Gasteiger partial charge in [0.1, 0.15) is 5.75 Å². The second-order valence-corrected chi connectivity index (χ2v) is 10.2. The number of thiazole rings is 1. The molecule has 10 heteroatoms. The highest BCUT2D eigenvalue weighted by Gasteiger charge is 2.14. The van der Waals surface area contributed by atoms with Gasteiger partial charge in [-0.1, -0.05) is 22.9 Å². The summed E-state index contributed by atoms with van der Waals surface area (Å²) >= 11 is 7.21. The number of sulfonamides is 1. The number of hydrogen-bond donors (Lipinski definition) is 1. The highest BCUT2D eigenvalue weighted by atomic mass is 35.5. The molecular formula is C23H20ClN3O4S2. The third kappa shape index (κ3) is 5.11. The average molecular weight is 502 g/mol. The molecule has 1 aromatic heterocycles. The number of halogens is 1. The average Bonchev–Trinajstić information content (AvgIpc) is 3.09. The number of anilines is 1. The highest BCUT2D eigenvalue weighted by Crippen LogP contribution is 2.23. The maximum atomic E-state index is 12.7. The molecule has 4 rings (SSSR count). The Bertz CT molecular complexity index is 1490. The molecule has 0 saturated carbocycles. The third-order valence-corrected chi connectivity index (χ3v) is 7.54. The van der Waals surface area contributed by atoms with Crippen molar-refractivity contribution in [3.8, 4) is 5.75 Å². The monoisotopic (exact) mass is 501 g/mol. The van der Waals surface area contributed by atoms with Crippen LogP contribution in [0.2, 0.25) is 5.02 Å². The molecule has 0 aliphatic heterocycles. The number of aromatic nitrogens is 1. The Morgan fingerprint density at radius 1 is 1.09 bits per heavy atom. The lowest BCUT2D eigenvalue weighted by Gasteiger charge is -2.08. The number of rotatable bonds is 6. The Morgan fingerprint density at radius 2 is 1.79 bits per heavy atom. The normalized spacial score (nSPS) is 12.2. The van der Waals surface area contributed by atoms with Gasteiger partial charge in [-0.25, -0.2) is 8.42 Å². The van der Waals surface area contributed by atoms with E-state index in [0.29, 0.717) is 27.7 Å². The van der Waals surface area contributed by atoms with Gasteiger partial charge >= 0.3 is 0 Å². The zero-order valence-electron chi connectivity index (χ0n) is 17.8. The summed E-state index contributed by atoms with van der Waals surface area (Å²) in [6.45, 7) is 2.50. The van der Waals surface area contributed by atoms with Crippen LogP contribution >= 0.6 is 22.9 Å². The first kappa shape index (κ1) is 23.0.